The average molecular weight is 313 g/mol. The number of halogens is 1. The second kappa shape index (κ2) is 4.20. The molecule has 2 aromatic carbocycles. The van der Waals surface area contributed by atoms with Crippen LogP contribution in [0.25, 0.3) is 11.0 Å². The van der Waals surface area contributed by atoms with E-state index in [-0.39, 0.29) is 0 Å². The molecular weight excluding hydrogens is 300 g/mol. The fourth-order valence-corrected chi connectivity index (χ4v) is 3.59. The van der Waals surface area contributed by atoms with E-state index in [1.54, 1.807) is 0 Å². The molecule has 0 radical (unpaired) electrons. The van der Waals surface area contributed by atoms with Gasteiger partial charge >= 0.3 is 0 Å². The van der Waals surface area contributed by atoms with E-state index in [1.807, 2.05) is 6.33 Å². The van der Waals surface area contributed by atoms with Crippen LogP contribution in [0.3, 0.4) is 0 Å². The molecule has 4 rings (SSSR count). The Bertz CT molecular complexity index is 746. The van der Waals surface area contributed by atoms with Crippen LogP contribution < -0.4 is 0 Å². The quantitative estimate of drug-likeness (QED) is 0.654. The highest BCUT2D eigenvalue weighted by atomic mass is 79.9. The first-order valence-electron chi connectivity index (χ1n) is 6.53. The summed E-state index contributed by atoms with van der Waals surface area (Å²) in [5.41, 5.74) is 5.14. The summed E-state index contributed by atoms with van der Waals surface area (Å²) in [5.74, 6) is 0. The van der Waals surface area contributed by atoms with Crippen molar-refractivity contribution in [3.63, 3.8) is 0 Å². The number of benzene rings is 2. The maximum Gasteiger partial charge on any atom is 0.0964 e. The van der Waals surface area contributed by atoms with Gasteiger partial charge in [0.1, 0.15) is 0 Å². The Balaban J connectivity index is 1.96. The van der Waals surface area contributed by atoms with E-state index >= 15 is 0 Å². The van der Waals surface area contributed by atoms with Crippen LogP contribution in [-0.2, 0) is 6.42 Å². The van der Waals surface area contributed by atoms with Crippen LogP contribution >= 0.6 is 15.9 Å². The van der Waals surface area contributed by atoms with Gasteiger partial charge in [-0.05, 0) is 36.1 Å². The lowest BCUT2D eigenvalue weighted by Crippen LogP contribution is -2.16. The SMILES string of the molecule is Brc1ccc2ncn3c2c1CCC3c1ccccc1. The van der Waals surface area contributed by atoms with Crippen molar-refractivity contribution in [2.75, 3.05) is 0 Å². The van der Waals surface area contributed by atoms with E-state index in [0.717, 1.165) is 18.4 Å². The minimum atomic E-state index is 0.410. The lowest BCUT2D eigenvalue weighted by Gasteiger charge is -2.26. The molecule has 0 saturated carbocycles. The van der Waals surface area contributed by atoms with Crippen LogP contribution in [-0.4, -0.2) is 9.55 Å². The lowest BCUT2D eigenvalue weighted by molar-refractivity contribution is 0.533. The summed E-state index contributed by atoms with van der Waals surface area (Å²) in [6, 6.07) is 15.3. The Hall–Kier alpha value is -1.61. The smallest absolute Gasteiger partial charge is 0.0964 e. The third-order valence-electron chi connectivity index (χ3n) is 3.97. The normalized spacial score (nSPS) is 17.8. The van der Waals surface area contributed by atoms with Gasteiger partial charge in [0.25, 0.3) is 0 Å². The Kier molecular flexibility index (Phi) is 2.49. The van der Waals surface area contributed by atoms with E-state index in [2.05, 4.69) is 67.9 Å². The van der Waals surface area contributed by atoms with E-state index in [4.69, 9.17) is 0 Å². The molecule has 0 N–H and O–H groups in total. The number of nitrogens with zero attached hydrogens (tertiary/aromatic N) is 2. The van der Waals surface area contributed by atoms with Gasteiger partial charge < -0.3 is 4.57 Å². The number of hydrogen-bond donors (Lipinski definition) is 0. The molecule has 1 unspecified atom stereocenters. The first-order chi connectivity index (χ1) is 9.34. The molecule has 3 heteroatoms. The van der Waals surface area contributed by atoms with Crippen molar-refractivity contribution >= 4 is 27.0 Å². The number of aromatic nitrogens is 2. The van der Waals surface area contributed by atoms with Crippen LogP contribution in [0, 0.1) is 0 Å². The van der Waals surface area contributed by atoms with Gasteiger partial charge in [-0.25, -0.2) is 4.98 Å². The summed E-state index contributed by atoms with van der Waals surface area (Å²) in [4.78, 5) is 4.55. The van der Waals surface area contributed by atoms with Crippen LogP contribution in [0.15, 0.2) is 53.3 Å². The molecule has 0 aliphatic carbocycles. The number of rotatable bonds is 1. The summed E-state index contributed by atoms with van der Waals surface area (Å²) in [6.07, 6.45) is 4.21. The van der Waals surface area contributed by atoms with Crippen molar-refractivity contribution in [3.05, 3.63) is 64.4 Å². The van der Waals surface area contributed by atoms with E-state index in [9.17, 15) is 0 Å². The second-order valence-corrected chi connectivity index (χ2v) is 5.87. The first kappa shape index (κ1) is 11.2. The maximum atomic E-state index is 4.55. The Morgan fingerprint density at radius 1 is 1.11 bits per heavy atom. The maximum absolute atomic E-state index is 4.55. The predicted octanol–water partition coefficient (Wildman–Crippen LogP) is 4.33. The van der Waals surface area contributed by atoms with Crippen molar-refractivity contribution < 1.29 is 0 Å². The van der Waals surface area contributed by atoms with Gasteiger partial charge in [0, 0.05) is 4.47 Å². The zero-order chi connectivity index (χ0) is 12.8. The third kappa shape index (κ3) is 1.65. The van der Waals surface area contributed by atoms with Gasteiger partial charge in [-0.1, -0.05) is 46.3 Å². The molecule has 0 fully saturated rings. The van der Waals surface area contributed by atoms with Crippen LogP contribution in [0.1, 0.15) is 23.6 Å². The molecule has 3 aromatic rings. The van der Waals surface area contributed by atoms with E-state index < -0.39 is 0 Å². The van der Waals surface area contributed by atoms with Crippen molar-refractivity contribution in [3.8, 4) is 0 Å². The highest BCUT2D eigenvalue weighted by molar-refractivity contribution is 9.10. The van der Waals surface area contributed by atoms with Crippen LogP contribution in [0.4, 0.5) is 0 Å². The van der Waals surface area contributed by atoms with Crippen LogP contribution in [0.2, 0.25) is 0 Å². The first-order valence-corrected chi connectivity index (χ1v) is 7.33. The highest BCUT2D eigenvalue weighted by Crippen LogP contribution is 2.37. The van der Waals surface area contributed by atoms with Gasteiger partial charge in [-0.2, -0.15) is 0 Å². The summed E-state index contributed by atoms with van der Waals surface area (Å²) in [6.45, 7) is 0. The summed E-state index contributed by atoms with van der Waals surface area (Å²) in [7, 11) is 0. The second-order valence-electron chi connectivity index (χ2n) is 5.01. The number of hydrogen-bond acceptors (Lipinski definition) is 1. The highest BCUT2D eigenvalue weighted by Gasteiger charge is 2.24. The summed E-state index contributed by atoms with van der Waals surface area (Å²) < 4.78 is 3.53. The fourth-order valence-electron chi connectivity index (χ4n) is 3.07. The Labute approximate surface area is 120 Å². The monoisotopic (exact) mass is 312 g/mol. The predicted molar refractivity (Wildman–Crippen MR) is 80.3 cm³/mol. The molecule has 1 aromatic heterocycles. The summed E-state index contributed by atoms with van der Waals surface area (Å²) >= 11 is 3.67. The van der Waals surface area contributed by atoms with Crippen molar-refractivity contribution in [1.82, 2.24) is 9.55 Å². The minimum Gasteiger partial charge on any atom is -0.323 e. The van der Waals surface area contributed by atoms with Crippen LogP contribution in [0.5, 0.6) is 0 Å². The number of aryl methyl sites for hydroxylation is 1. The third-order valence-corrected chi connectivity index (χ3v) is 4.71. The topological polar surface area (TPSA) is 17.8 Å². The van der Waals surface area contributed by atoms with Gasteiger partial charge in [0.15, 0.2) is 0 Å². The molecule has 0 bridgehead atoms. The largest absolute Gasteiger partial charge is 0.323 e. The molecule has 2 heterocycles. The molecule has 1 atom stereocenters. The van der Waals surface area contributed by atoms with Crippen molar-refractivity contribution in [2.24, 2.45) is 0 Å². The average Bonchev–Trinajstić information content (AvgIpc) is 2.89. The Morgan fingerprint density at radius 2 is 1.95 bits per heavy atom. The minimum absolute atomic E-state index is 0.410. The van der Waals surface area contributed by atoms with Gasteiger partial charge in [-0.3, -0.25) is 0 Å². The molecule has 0 saturated heterocycles. The number of imidazole rings is 1. The van der Waals surface area contributed by atoms with Gasteiger partial charge in [0.2, 0.25) is 0 Å². The standard InChI is InChI=1S/C16H13BrN2/c17-13-7-8-14-16-12(13)6-9-15(19(16)10-18-14)11-4-2-1-3-5-11/h1-5,7-8,10,15H,6,9H2. The van der Waals surface area contributed by atoms with Gasteiger partial charge in [-0.15, -0.1) is 0 Å². The molecule has 2 nitrogen and oxygen atoms in total. The van der Waals surface area contributed by atoms with Gasteiger partial charge in [0.05, 0.1) is 23.4 Å². The Morgan fingerprint density at radius 3 is 2.79 bits per heavy atom. The lowest BCUT2D eigenvalue weighted by atomic mass is 9.94. The molecule has 0 amide bonds. The molecular formula is C16H13BrN2. The summed E-state index contributed by atoms with van der Waals surface area (Å²) in [5, 5.41) is 0. The molecule has 0 spiro atoms. The van der Waals surface area contributed by atoms with Crippen molar-refractivity contribution in [1.29, 1.82) is 0 Å². The fraction of sp³-hybridized carbons (Fsp3) is 0.188. The van der Waals surface area contributed by atoms with E-state index in [1.165, 1.54) is 21.1 Å². The van der Waals surface area contributed by atoms with Crippen molar-refractivity contribution in [2.45, 2.75) is 18.9 Å². The molecule has 94 valence electrons. The molecule has 1 aliphatic rings. The molecule has 1 aliphatic heterocycles. The van der Waals surface area contributed by atoms with E-state index in [0.29, 0.717) is 6.04 Å². The zero-order valence-corrected chi connectivity index (χ0v) is 12.0. The molecule has 19 heavy (non-hydrogen) atoms. The zero-order valence-electron chi connectivity index (χ0n) is 10.4.